The molecular weight excluding hydrogens is 563 g/mol. The molecule has 1 amide bonds. The minimum absolute atomic E-state index is 0.0991. The fourth-order valence-corrected chi connectivity index (χ4v) is 6.38. The summed E-state index contributed by atoms with van der Waals surface area (Å²) in [7, 11) is 1.57. The van der Waals surface area contributed by atoms with E-state index in [4.69, 9.17) is 19.3 Å². The Balaban J connectivity index is 1.43. The smallest absolute Gasteiger partial charge is 0.410 e. The standard InChI is InChI=1S/C34H41FN4O5/c1-7-43-32(40)24-16-28(42-6)30-20(2)29(36-39(30)19-24)27-15-23-14-25(35)17-26(31(23)38(27)18-21-8-9-21)22-10-12-37(13-11-22)33(41)44-34(3,4)5/h14-17,19,21-22H,7-13,18H2,1-6H3. The maximum atomic E-state index is 15.2. The van der Waals surface area contributed by atoms with Gasteiger partial charge in [0, 0.05) is 36.8 Å². The molecule has 1 aliphatic carbocycles. The third kappa shape index (κ3) is 5.74. The lowest BCUT2D eigenvalue weighted by Crippen LogP contribution is -2.41. The van der Waals surface area contributed by atoms with Crippen molar-refractivity contribution < 1.29 is 28.2 Å². The molecule has 1 saturated carbocycles. The van der Waals surface area contributed by atoms with Crippen molar-refractivity contribution in [2.75, 3.05) is 26.8 Å². The number of ether oxygens (including phenoxy) is 3. The predicted molar refractivity (Wildman–Crippen MR) is 166 cm³/mol. The summed E-state index contributed by atoms with van der Waals surface area (Å²) in [6.45, 7) is 11.6. The predicted octanol–water partition coefficient (Wildman–Crippen LogP) is 7.11. The van der Waals surface area contributed by atoms with E-state index in [0.717, 1.165) is 71.2 Å². The van der Waals surface area contributed by atoms with Crippen LogP contribution in [-0.2, 0) is 16.0 Å². The van der Waals surface area contributed by atoms with Gasteiger partial charge in [-0.15, -0.1) is 0 Å². The number of benzene rings is 1. The summed E-state index contributed by atoms with van der Waals surface area (Å²) in [5.41, 5.74) is 5.14. The van der Waals surface area contributed by atoms with Crippen LogP contribution in [0.2, 0.25) is 0 Å². The van der Waals surface area contributed by atoms with Crippen LogP contribution in [0, 0.1) is 18.7 Å². The van der Waals surface area contributed by atoms with Gasteiger partial charge in [0.1, 0.15) is 28.4 Å². The quantitative estimate of drug-likeness (QED) is 0.209. The monoisotopic (exact) mass is 604 g/mol. The van der Waals surface area contributed by atoms with Crippen LogP contribution >= 0.6 is 0 Å². The summed E-state index contributed by atoms with van der Waals surface area (Å²) in [6.07, 6.45) is 5.13. The molecule has 1 aromatic carbocycles. The Morgan fingerprint density at radius 1 is 1.05 bits per heavy atom. The molecule has 6 rings (SSSR count). The molecule has 9 nitrogen and oxygen atoms in total. The Morgan fingerprint density at radius 2 is 1.77 bits per heavy atom. The maximum Gasteiger partial charge on any atom is 0.410 e. The number of rotatable bonds is 7. The summed E-state index contributed by atoms with van der Waals surface area (Å²) in [4.78, 5) is 27.0. The van der Waals surface area contributed by atoms with Crippen molar-refractivity contribution in [1.82, 2.24) is 19.1 Å². The first-order chi connectivity index (χ1) is 21.0. The molecule has 44 heavy (non-hydrogen) atoms. The first-order valence-corrected chi connectivity index (χ1v) is 15.5. The van der Waals surface area contributed by atoms with Crippen molar-refractivity contribution in [3.63, 3.8) is 0 Å². The third-order valence-corrected chi connectivity index (χ3v) is 8.61. The van der Waals surface area contributed by atoms with E-state index in [1.165, 1.54) is 0 Å². The van der Waals surface area contributed by atoms with Gasteiger partial charge >= 0.3 is 12.1 Å². The van der Waals surface area contributed by atoms with Crippen molar-refractivity contribution in [3.8, 4) is 17.1 Å². The molecule has 234 valence electrons. The van der Waals surface area contributed by atoms with E-state index in [-0.39, 0.29) is 24.4 Å². The third-order valence-electron chi connectivity index (χ3n) is 8.61. The summed E-state index contributed by atoms with van der Waals surface area (Å²) in [5.74, 6) is 0.466. The highest BCUT2D eigenvalue weighted by Gasteiger charge is 2.32. The van der Waals surface area contributed by atoms with E-state index in [9.17, 15) is 9.59 Å². The minimum atomic E-state index is -0.552. The number of carbonyl (C=O) groups is 2. The molecule has 0 spiro atoms. The maximum absolute atomic E-state index is 15.2. The van der Waals surface area contributed by atoms with Crippen LogP contribution < -0.4 is 4.74 Å². The van der Waals surface area contributed by atoms with Gasteiger partial charge in [0.15, 0.2) is 0 Å². The second-order valence-electron chi connectivity index (χ2n) is 13.0. The lowest BCUT2D eigenvalue weighted by Gasteiger charge is -2.34. The Labute approximate surface area is 256 Å². The highest BCUT2D eigenvalue weighted by molar-refractivity contribution is 5.93. The van der Waals surface area contributed by atoms with Crippen LogP contribution in [0.15, 0.2) is 30.5 Å². The van der Waals surface area contributed by atoms with Crippen molar-refractivity contribution >= 4 is 28.5 Å². The number of likely N-dealkylation sites (tertiary alicyclic amines) is 1. The summed E-state index contributed by atoms with van der Waals surface area (Å²) >= 11 is 0. The van der Waals surface area contributed by atoms with Crippen LogP contribution in [0.1, 0.15) is 80.8 Å². The summed E-state index contributed by atoms with van der Waals surface area (Å²) < 4.78 is 35.7. The van der Waals surface area contributed by atoms with Crippen LogP contribution in [0.4, 0.5) is 9.18 Å². The molecule has 2 aliphatic rings. The van der Waals surface area contributed by atoms with Crippen molar-refractivity contribution in [2.24, 2.45) is 5.92 Å². The lowest BCUT2D eigenvalue weighted by molar-refractivity contribution is 0.0204. The molecule has 1 aliphatic heterocycles. The van der Waals surface area contributed by atoms with Crippen LogP contribution in [0.5, 0.6) is 5.75 Å². The van der Waals surface area contributed by atoms with E-state index >= 15 is 4.39 Å². The number of halogens is 1. The molecule has 0 bridgehead atoms. The summed E-state index contributed by atoms with van der Waals surface area (Å²) in [6, 6.07) is 7.00. The molecule has 10 heteroatoms. The first kappa shape index (κ1) is 30.0. The second kappa shape index (κ2) is 11.4. The number of carbonyl (C=O) groups excluding carboxylic acids is 2. The number of piperidine rings is 1. The molecule has 3 aromatic heterocycles. The molecule has 0 unspecified atom stereocenters. The molecule has 0 N–H and O–H groups in total. The average molecular weight is 605 g/mol. The fourth-order valence-electron chi connectivity index (χ4n) is 6.38. The Kier molecular flexibility index (Phi) is 7.80. The number of methoxy groups -OCH3 is 1. The number of esters is 1. The van der Waals surface area contributed by atoms with Crippen LogP contribution in [0.25, 0.3) is 27.8 Å². The zero-order valence-corrected chi connectivity index (χ0v) is 26.4. The normalized spacial score (nSPS) is 16.1. The SMILES string of the molecule is CCOC(=O)c1cc(OC)c2c(C)c(-c3cc4cc(F)cc(C5CCN(C(=O)OC(C)(C)C)CC5)c4n3CC3CC3)nn2c1. The highest BCUT2D eigenvalue weighted by atomic mass is 19.1. The van der Waals surface area contributed by atoms with Gasteiger partial charge in [0.25, 0.3) is 0 Å². The summed E-state index contributed by atoms with van der Waals surface area (Å²) in [5, 5.41) is 5.79. The number of aromatic nitrogens is 3. The molecule has 1 saturated heterocycles. The van der Waals surface area contributed by atoms with E-state index in [1.54, 1.807) is 47.8 Å². The lowest BCUT2D eigenvalue weighted by atomic mass is 9.88. The van der Waals surface area contributed by atoms with Gasteiger partial charge in [-0.05, 0) is 102 Å². The van der Waals surface area contributed by atoms with Gasteiger partial charge in [-0.2, -0.15) is 5.10 Å². The van der Waals surface area contributed by atoms with Crippen molar-refractivity contribution in [2.45, 2.75) is 78.4 Å². The first-order valence-electron chi connectivity index (χ1n) is 15.5. The Morgan fingerprint density at radius 3 is 2.41 bits per heavy atom. The number of hydrogen-bond donors (Lipinski definition) is 0. The van der Waals surface area contributed by atoms with E-state index < -0.39 is 11.6 Å². The number of fused-ring (bicyclic) bond motifs is 2. The van der Waals surface area contributed by atoms with Crippen molar-refractivity contribution in [3.05, 3.63) is 53.0 Å². The van der Waals surface area contributed by atoms with Gasteiger partial charge in [-0.25, -0.2) is 18.5 Å². The zero-order valence-electron chi connectivity index (χ0n) is 26.4. The average Bonchev–Trinajstić information content (AvgIpc) is 3.64. The highest BCUT2D eigenvalue weighted by Crippen LogP contribution is 2.42. The van der Waals surface area contributed by atoms with Gasteiger partial charge < -0.3 is 23.7 Å². The molecule has 4 heterocycles. The largest absolute Gasteiger partial charge is 0.494 e. The van der Waals surface area contributed by atoms with Crippen LogP contribution in [0.3, 0.4) is 0 Å². The van der Waals surface area contributed by atoms with Gasteiger partial charge in [0.05, 0.1) is 30.5 Å². The Hall–Kier alpha value is -4.08. The number of pyridine rings is 1. The van der Waals surface area contributed by atoms with Gasteiger partial charge in [-0.1, -0.05) is 0 Å². The second-order valence-corrected chi connectivity index (χ2v) is 13.0. The molecule has 0 atom stereocenters. The molecule has 4 aromatic rings. The topological polar surface area (TPSA) is 87.3 Å². The number of hydrogen-bond acceptors (Lipinski definition) is 6. The van der Waals surface area contributed by atoms with Crippen LogP contribution in [-0.4, -0.2) is 63.6 Å². The fraction of sp³-hybridized carbons (Fsp3) is 0.500. The number of aryl methyl sites for hydroxylation is 1. The number of amides is 1. The minimum Gasteiger partial charge on any atom is -0.494 e. The van der Waals surface area contributed by atoms with Gasteiger partial charge in [0.2, 0.25) is 0 Å². The Bertz CT molecular complexity index is 1740. The van der Waals surface area contributed by atoms with E-state index in [1.807, 2.05) is 33.8 Å². The molecule has 2 fully saturated rings. The van der Waals surface area contributed by atoms with Gasteiger partial charge in [-0.3, -0.25) is 0 Å². The van der Waals surface area contributed by atoms with E-state index in [2.05, 4.69) is 4.57 Å². The number of nitrogens with zero attached hydrogens (tertiary/aromatic N) is 4. The van der Waals surface area contributed by atoms with E-state index in [0.29, 0.717) is 30.3 Å². The zero-order chi connectivity index (χ0) is 31.3. The molecule has 0 radical (unpaired) electrons. The van der Waals surface area contributed by atoms with Crippen molar-refractivity contribution in [1.29, 1.82) is 0 Å². The molecular formula is C34H41FN4O5.